The van der Waals surface area contributed by atoms with E-state index in [2.05, 4.69) is 20.7 Å². The molecule has 0 aliphatic rings. The highest BCUT2D eigenvalue weighted by molar-refractivity contribution is 7.92. The normalized spacial score (nSPS) is 11.1. The lowest BCUT2D eigenvalue weighted by molar-refractivity contribution is -0.118. The van der Waals surface area contributed by atoms with Crippen molar-refractivity contribution in [2.75, 3.05) is 23.1 Å². The van der Waals surface area contributed by atoms with Gasteiger partial charge in [0.05, 0.1) is 10.6 Å². The molecule has 9 heteroatoms. The van der Waals surface area contributed by atoms with Gasteiger partial charge in [-0.1, -0.05) is 18.2 Å². The van der Waals surface area contributed by atoms with E-state index >= 15 is 0 Å². The second kappa shape index (κ2) is 10.1. The first-order chi connectivity index (χ1) is 14.1. The fourth-order valence-corrected chi connectivity index (χ4v) is 3.91. The van der Waals surface area contributed by atoms with Crippen molar-refractivity contribution < 1.29 is 18.0 Å². The van der Waals surface area contributed by atoms with E-state index in [0.717, 1.165) is 5.56 Å². The van der Waals surface area contributed by atoms with Crippen LogP contribution in [0.5, 0.6) is 0 Å². The molecule has 0 aliphatic heterocycles. The number of nitrogens with one attached hydrogen (secondary N) is 4. The molecule has 2 amide bonds. The van der Waals surface area contributed by atoms with Crippen molar-refractivity contribution in [2.24, 2.45) is 0 Å². The number of carbonyl (C=O) groups excluding carboxylic acids is 2. The third kappa shape index (κ3) is 6.77. The molecule has 162 valence electrons. The second-order valence-electron chi connectivity index (χ2n) is 7.20. The highest BCUT2D eigenvalue weighted by atomic mass is 32.2. The van der Waals surface area contributed by atoms with Crippen molar-refractivity contribution in [3.63, 3.8) is 0 Å². The molecule has 0 aliphatic carbocycles. The molecule has 0 fully saturated rings. The fraction of sp³-hybridized carbons (Fsp3) is 0.333. The number of sulfonamides is 1. The lowest BCUT2D eigenvalue weighted by atomic mass is 10.1. The molecular weight excluding hydrogens is 404 g/mol. The van der Waals surface area contributed by atoms with Gasteiger partial charge in [0.25, 0.3) is 15.9 Å². The predicted octanol–water partition coefficient (Wildman–Crippen LogP) is 2.48. The van der Waals surface area contributed by atoms with Gasteiger partial charge in [0, 0.05) is 37.3 Å². The maximum absolute atomic E-state index is 13.0. The highest BCUT2D eigenvalue weighted by Gasteiger charge is 2.19. The lowest BCUT2D eigenvalue weighted by Crippen LogP contribution is -2.33. The highest BCUT2D eigenvalue weighted by Crippen LogP contribution is 2.24. The SMILES string of the molecule is CC(=O)NCCNC(=O)c1cc(NC(C)C)cc(S(=O)(=O)Nc2ccccc2C)c1. The van der Waals surface area contributed by atoms with E-state index in [-0.39, 0.29) is 35.5 Å². The van der Waals surface area contributed by atoms with Crippen LogP contribution in [0.3, 0.4) is 0 Å². The van der Waals surface area contributed by atoms with Crippen LogP contribution in [0, 0.1) is 6.92 Å². The molecule has 2 aromatic rings. The van der Waals surface area contributed by atoms with Crippen LogP contribution in [0.2, 0.25) is 0 Å². The summed E-state index contributed by atoms with van der Waals surface area (Å²) in [6, 6.07) is 11.5. The van der Waals surface area contributed by atoms with E-state index in [1.807, 2.05) is 32.9 Å². The van der Waals surface area contributed by atoms with Crippen molar-refractivity contribution in [3.05, 3.63) is 53.6 Å². The largest absolute Gasteiger partial charge is 0.383 e. The first-order valence-electron chi connectivity index (χ1n) is 9.61. The number of hydrogen-bond acceptors (Lipinski definition) is 5. The van der Waals surface area contributed by atoms with Crippen molar-refractivity contribution in [1.82, 2.24) is 10.6 Å². The van der Waals surface area contributed by atoms with Crippen LogP contribution in [-0.4, -0.2) is 39.4 Å². The quantitative estimate of drug-likeness (QED) is 0.454. The third-order valence-corrected chi connectivity index (χ3v) is 5.45. The molecule has 0 saturated carbocycles. The molecule has 2 rings (SSSR count). The summed E-state index contributed by atoms with van der Waals surface area (Å²) in [5, 5.41) is 8.40. The Kier molecular flexibility index (Phi) is 7.82. The minimum Gasteiger partial charge on any atom is -0.383 e. The van der Waals surface area contributed by atoms with Gasteiger partial charge in [-0.2, -0.15) is 0 Å². The molecule has 2 aromatic carbocycles. The van der Waals surface area contributed by atoms with Crippen LogP contribution in [0.15, 0.2) is 47.4 Å². The van der Waals surface area contributed by atoms with Crippen molar-refractivity contribution in [1.29, 1.82) is 0 Å². The Labute approximate surface area is 177 Å². The van der Waals surface area contributed by atoms with Gasteiger partial charge in [-0.25, -0.2) is 8.42 Å². The van der Waals surface area contributed by atoms with E-state index in [0.29, 0.717) is 11.4 Å². The molecule has 8 nitrogen and oxygen atoms in total. The number of amides is 2. The average Bonchev–Trinajstić information content (AvgIpc) is 2.66. The summed E-state index contributed by atoms with van der Waals surface area (Å²) < 4.78 is 28.5. The molecule has 0 spiro atoms. The Balaban J connectivity index is 2.31. The van der Waals surface area contributed by atoms with Crippen LogP contribution in [0.1, 0.15) is 36.7 Å². The van der Waals surface area contributed by atoms with E-state index in [4.69, 9.17) is 0 Å². The molecule has 0 saturated heterocycles. The Morgan fingerprint density at radius 1 is 1.00 bits per heavy atom. The van der Waals surface area contributed by atoms with Gasteiger partial charge in [-0.3, -0.25) is 14.3 Å². The zero-order chi connectivity index (χ0) is 22.3. The number of aryl methyl sites for hydroxylation is 1. The molecule has 0 atom stereocenters. The predicted molar refractivity (Wildman–Crippen MR) is 118 cm³/mol. The maximum atomic E-state index is 13.0. The van der Waals surface area contributed by atoms with Gasteiger partial charge >= 0.3 is 0 Å². The number of para-hydroxylation sites is 1. The van der Waals surface area contributed by atoms with Gasteiger partial charge in [0.2, 0.25) is 5.91 Å². The van der Waals surface area contributed by atoms with E-state index < -0.39 is 15.9 Å². The third-order valence-electron chi connectivity index (χ3n) is 4.11. The molecular formula is C21H28N4O4S. The van der Waals surface area contributed by atoms with Crippen LogP contribution in [0.4, 0.5) is 11.4 Å². The van der Waals surface area contributed by atoms with E-state index in [1.165, 1.54) is 19.1 Å². The molecule has 0 bridgehead atoms. The number of benzene rings is 2. The van der Waals surface area contributed by atoms with Gasteiger partial charge in [0.15, 0.2) is 0 Å². The fourth-order valence-electron chi connectivity index (χ4n) is 2.71. The summed E-state index contributed by atoms with van der Waals surface area (Å²) in [4.78, 5) is 23.5. The van der Waals surface area contributed by atoms with E-state index in [9.17, 15) is 18.0 Å². The molecule has 0 radical (unpaired) electrons. The lowest BCUT2D eigenvalue weighted by Gasteiger charge is -2.16. The number of rotatable bonds is 9. The Morgan fingerprint density at radius 2 is 1.67 bits per heavy atom. The van der Waals surface area contributed by atoms with Crippen LogP contribution < -0.4 is 20.7 Å². The number of carbonyl (C=O) groups is 2. The standard InChI is InChI=1S/C21H28N4O4S/c1-14(2)24-18-11-17(21(27)23-10-9-22-16(4)26)12-19(13-18)30(28,29)25-20-8-6-5-7-15(20)3/h5-8,11-14,24-25H,9-10H2,1-4H3,(H,22,26)(H,23,27). The van der Waals surface area contributed by atoms with Crippen LogP contribution in [0.25, 0.3) is 0 Å². The minimum absolute atomic E-state index is 0.0246. The zero-order valence-corrected chi connectivity index (χ0v) is 18.4. The second-order valence-corrected chi connectivity index (χ2v) is 8.89. The van der Waals surface area contributed by atoms with Gasteiger partial charge in [-0.05, 0) is 50.6 Å². The van der Waals surface area contributed by atoms with Crippen molar-refractivity contribution >= 4 is 33.2 Å². The number of hydrogen-bond donors (Lipinski definition) is 4. The summed E-state index contributed by atoms with van der Waals surface area (Å²) >= 11 is 0. The van der Waals surface area contributed by atoms with Crippen LogP contribution >= 0.6 is 0 Å². The summed E-state index contributed by atoms with van der Waals surface area (Å²) in [5.74, 6) is -0.622. The Morgan fingerprint density at radius 3 is 2.30 bits per heavy atom. The Bertz CT molecular complexity index is 1020. The summed E-state index contributed by atoms with van der Waals surface area (Å²) in [6.45, 7) is 7.54. The van der Waals surface area contributed by atoms with Gasteiger partial charge < -0.3 is 16.0 Å². The molecule has 0 unspecified atom stereocenters. The van der Waals surface area contributed by atoms with Gasteiger partial charge in [0.1, 0.15) is 0 Å². The number of anilines is 2. The molecule has 0 heterocycles. The first kappa shape index (κ1) is 23.2. The first-order valence-corrected chi connectivity index (χ1v) is 11.1. The zero-order valence-electron chi connectivity index (χ0n) is 17.6. The van der Waals surface area contributed by atoms with Crippen LogP contribution in [-0.2, 0) is 14.8 Å². The van der Waals surface area contributed by atoms with Crippen molar-refractivity contribution in [3.8, 4) is 0 Å². The summed E-state index contributed by atoms with van der Waals surface area (Å²) in [5.41, 5.74) is 1.98. The maximum Gasteiger partial charge on any atom is 0.262 e. The topological polar surface area (TPSA) is 116 Å². The van der Waals surface area contributed by atoms with Crippen molar-refractivity contribution in [2.45, 2.75) is 38.6 Å². The smallest absolute Gasteiger partial charge is 0.262 e. The van der Waals surface area contributed by atoms with Gasteiger partial charge in [-0.15, -0.1) is 0 Å². The summed E-state index contributed by atoms with van der Waals surface area (Å²) in [7, 11) is -3.91. The average molecular weight is 433 g/mol. The monoisotopic (exact) mass is 432 g/mol. The molecule has 0 aromatic heterocycles. The molecule has 30 heavy (non-hydrogen) atoms. The Hall–Kier alpha value is -3.07. The molecule has 4 N–H and O–H groups in total. The summed E-state index contributed by atoms with van der Waals surface area (Å²) in [6.07, 6.45) is 0. The minimum atomic E-state index is -3.91. The van der Waals surface area contributed by atoms with E-state index in [1.54, 1.807) is 18.2 Å².